The average Bonchev–Trinajstić information content (AvgIpc) is 2.26. The van der Waals surface area contributed by atoms with Crippen LogP contribution in [0.4, 0.5) is 0 Å². The number of carboxylic acid groups (broad SMARTS) is 1. The van der Waals surface area contributed by atoms with Crippen molar-refractivity contribution in [2.45, 2.75) is 27.3 Å². The third kappa shape index (κ3) is 3.79. The van der Waals surface area contributed by atoms with Crippen LogP contribution >= 0.6 is 0 Å². The molecule has 1 N–H and O–H groups in total. The van der Waals surface area contributed by atoms with Gasteiger partial charge in [0, 0.05) is 18.3 Å². The number of aromatic carboxylic acids is 1. The first kappa shape index (κ1) is 15.2. The second-order valence-corrected chi connectivity index (χ2v) is 4.59. The second-order valence-electron chi connectivity index (χ2n) is 4.59. The molecule has 0 aliphatic rings. The maximum Gasteiger partial charge on any atom is 0.337 e. The Balaban J connectivity index is 2.95. The number of carboxylic acids is 1. The minimum Gasteiger partial charge on any atom is -0.478 e. The summed E-state index contributed by atoms with van der Waals surface area (Å²) >= 11 is 0. The van der Waals surface area contributed by atoms with Crippen molar-refractivity contribution in [1.82, 2.24) is 4.57 Å². The molecule has 1 heterocycles. The van der Waals surface area contributed by atoms with Crippen molar-refractivity contribution >= 4 is 5.97 Å². The predicted octanol–water partition coefficient (Wildman–Crippen LogP) is 1.76. The maximum absolute atomic E-state index is 11.9. The first-order valence-corrected chi connectivity index (χ1v) is 6.01. The molecule has 1 aromatic rings. The molecule has 104 valence electrons. The number of carbonyl (C=O) groups is 1. The summed E-state index contributed by atoms with van der Waals surface area (Å²) < 4.78 is 6.76. The monoisotopic (exact) mass is 265 g/mol. The summed E-state index contributed by atoms with van der Waals surface area (Å²) in [5, 5.41) is 9.15. The number of hydrogen-bond donors (Lipinski definition) is 1. The fourth-order valence-electron chi connectivity index (χ4n) is 1.92. The molecular formula is C14H19NO4. The van der Waals surface area contributed by atoms with Gasteiger partial charge < -0.3 is 14.4 Å². The van der Waals surface area contributed by atoms with Gasteiger partial charge in [0.15, 0.2) is 0 Å². The molecule has 1 aromatic heterocycles. The van der Waals surface area contributed by atoms with E-state index in [0.717, 1.165) is 5.57 Å². The van der Waals surface area contributed by atoms with Crippen molar-refractivity contribution in [3.05, 3.63) is 45.4 Å². The third-order valence-corrected chi connectivity index (χ3v) is 2.79. The van der Waals surface area contributed by atoms with E-state index in [1.807, 2.05) is 6.92 Å². The Morgan fingerprint density at radius 3 is 2.63 bits per heavy atom. The Bertz CT molecular complexity index is 557. The molecule has 5 nitrogen and oxygen atoms in total. The summed E-state index contributed by atoms with van der Waals surface area (Å²) in [6.45, 7) is 9.94. The summed E-state index contributed by atoms with van der Waals surface area (Å²) in [6, 6.07) is 1.34. The summed E-state index contributed by atoms with van der Waals surface area (Å²) in [7, 11) is 0. The van der Waals surface area contributed by atoms with Gasteiger partial charge in [-0.3, -0.25) is 4.79 Å². The van der Waals surface area contributed by atoms with E-state index in [4.69, 9.17) is 9.84 Å². The van der Waals surface area contributed by atoms with Crippen molar-refractivity contribution in [2.24, 2.45) is 0 Å². The van der Waals surface area contributed by atoms with Gasteiger partial charge in [-0.05, 0) is 26.3 Å². The van der Waals surface area contributed by atoms with Crippen LogP contribution in [0.3, 0.4) is 0 Å². The zero-order chi connectivity index (χ0) is 14.6. The molecule has 0 radical (unpaired) electrons. The van der Waals surface area contributed by atoms with E-state index in [1.54, 1.807) is 13.8 Å². The van der Waals surface area contributed by atoms with E-state index in [-0.39, 0.29) is 11.1 Å². The fraction of sp³-hybridized carbons (Fsp3) is 0.429. The number of aryl methyl sites for hydroxylation is 1. The molecule has 0 unspecified atom stereocenters. The van der Waals surface area contributed by atoms with Crippen molar-refractivity contribution in [2.75, 3.05) is 13.2 Å². The molecule has 0 fully saturated rings. The summed E-state index contributed by atoms with van der Waals surface area (Å²) in [5.74, 6) is -1.02. The van der Waals surface area contributed by atoms with Crippen LogP contribution in [0.25, 0.3) is 0 Å². The quantitative estimate of drug-likeness (QED) is 0.628. The highest BCUT2D eigenvalue weighted by atomic mass is 16.5. The van der Waals surface area contributed by atoms with E-state index < -0.39 is 5.97 Å². The fourth-order valence-corrected chi connectivity index (χ4v) is 1.92. The first-order valence-electron chi connectivity index (χ1n) is 6.01. The van der Waals surface area contributed by atoms with Gasteiger partial charge in [-0.1, -0.05) is 12.2 Å². The van der Waals surface area contributed by atoms with Crippen LogP contribution in [-0.4, -0.2) is 28.9 Å². The number of aromatic nitrogens is 1. The van der Waals surface area contributed by atoms with Crippen LogP contribution in [0.1, 0.15) is 28.5 Å². The highest BCUT2D eigenvalue weighted by molar-refractivity contribution is 5.90. The van der Waals surface area contributed by atoms with E-state index in [0.29, 0.717) is 31.0 Å². The molecule has 1 rings (SSSR count). The lowest BCUT2D eigenvalue weighted by molar-refractivity contribution is 0.0693. The summed E-state index contributed by atoms with van der Waals surface area (Å²) in [5.41, 5.74) is 1.81. The van der Waals surface area contributed by atoms with Gasteiger partial charge in [0.25, 0.3) is 5.56 Å². The number of pyridine rings is 1. The van der Waals surface area contributed by atoms with Crippen LogP contribution in [0.2, 0.25) is 0 Å². The lowest BCUT2D eigenvalue weighted by Gasteiger charge is -2.14. The van der Waals surface area contributed by atoms with Gasteiger partial charge in [-0.15, -0.1) is 0 Å². The molecule has 5 heteroatoms. The molecule has 19 heavy (non-hydrogen) atoms. The molecule has 0 spiro atoms. The van der Waals surface area contributed by atoms with Gasteiger partial charge in [0.1, 0.15) is 0 Å². The van der Waals surface area contributed by atoms with E-state index in [2.05, 4.69) is 6.58 Å². The van der Waals surface area contributed by atoms with Crippen LogP contribution in [-0.2, 0) is 11.3 Å². The highest BCUT2D eigenvalue weighted by Gasteiger charge is 2.15. The predicted molar refractivity (Wildman–Crippen MR) is 72.8 cm³/mol. The minimum atomic E-state index is -1.02. The Morgan fingerprint density at radius 2 is 2.11 bits per heavy atom. The van der Waals surface area contributed by atoms with Crippen LogP contribution < -0.4 is 5.56 Å². The lowest BCUT2D eigenvalue weighted by Crippen LogP contribution is -2.27. The number of ether oxygens (including phenoxy) is 1. The van der Waals surface area contributed by atoms with E-state index >= 15 is 0 Å². The second kappa shape index (κ2) is 6.33. The van der Waals surface area contributed by atoms with E-state index in [9.17, 15) is 9.59 Å². The molecule has 0 bridgehead atoms. The number of hydrogen-bond acceptors (Lipinski definition) is 3. The van der Waals surface area contributed by atoms with Crippen LogP contribution in [0, 0.1) is 13.8 Å². The van der Waals surface area contributed by atoms with Gasteiger partial charge in [0.05, 0.1) is 18.8 Å². The van der Waals surface area contributed by atoms with Crippen molar-refractivity contribution in [3.63, 3.8) is 0 Å². The Morgan fingerprint density at radius 1 is 1.47 bits per heavy atom. The Labute approximate surface area is 112 Å². The van der Waals surface area contributed by atoms with Crippen molar-refractivity contribution in [3.8, 4) is 0 Å². The topological polar surface area (TPSA) is 68.5 Å². The average molecular weight is 265 g/mol. The third-order valence-electron chi connectivity index (χ3n) is 2.79. The van der Waals surface area contributed by atoms with Gasteiger partial charge in [-0.25, -0.2) is 4.79 Å². The SMILES string of the molecule is C=C(C)COCCn1c(C)c(C(=O)O)c(C)cc1=O. The molecule has 0 amide bonds. The molecule has 0 saturated heterocycles. The van der Waals surface area contributed by atoms with Gasteiger partial charge in [0.2, 0.25) is 0 Å². The largest absolute Gasteiger partial charge is 0.478 e. The van der Waals surface area contributed by atoms with Crippen LogP contribution in [0.5, 0.6) is 0 Å². The summed E-state index contributed by atoms with van der Waals surface area (Å²) in [4.78, 5) is 23.0. The Kier molecular flexibility index (Phi) is 5.06. The molecule has 0 aliphatic heterocycles. The lowest BCUT2D eigenvalue weighted by atomic mass is 10.1. The smallest absolute Gasteiger partial charge is 0.337 e. The molecule has 0 atom stereocenters. The first-order chi connectivity index (χ1) is 8.84. The van der Waals surface area contributed by atoms with Crippen molar-refractivity contribution in [1.29, 1.82) is 0 Å². The highest BCUT2D eigenvalue weighted by Crippen LogP contribution is 2.11. The zero-order valence-electron chi connectivity index (χ0n) is 11.5. The minimum absolute atomic E-state index is 0.180. The molecular weight excluding hydrogens is 246 g/mol. The van der Waals surface area contributed by atoms with Gasteiger partial charge >= 0.3 is 5.97 Å². The normalized spacial score (nSPS) is 10.5. The van der Waals surface area contributed by atoms with Crippen molar-refractivity contribution < 1.29 is 14.6 Å². The zero-order valence-corrected chi connectivity index (χ0v) is 11.5. The maximum atomic E-state index is 11.9. The summed E-state index contributed by atoms with van der Waals surface area (Å²) in [6.07, 6.45) is 0. The van der Waals surface area contributed by atoms with Crippen LogP contribution in [0.15, 0.2) is 23.0 Å². The van der Waals surface area contributed by atoms with Gasteiger partial charge in [-0.2, -0.15) is 0 Å². The standard InChI is InChI=1S/C14H19NO4/c1-9(2)8-19-6-5-15-11(4)13(14(17)18)10(3)7-12(15)16/h7H,1,5-6,8H2,2-4H3,(H,17,18). The molecule has 0 saturated carbocycles. The molecule has 0 aliphatic carbocycles. The number of nitrogens with zero attached hydrogens (tertiary/aromatic N) is 1. The number of rotatable bonds is 6. The Hall–Kier alpha value is -1.88. The molecule has 0 aromatic carbocycles. The van der Waals surface area contributed by atoms with E-state index in [1.165, 1.54) is 10.6 Å².